The van der Waals surface area contributed by atoms with Gasteiger partial charge >= 0.3 is 0 Å². The molecule has 0 bridgehead atoms. The lowest BCUT2D eigenvalue weighted by molar-refractivity contribution is -0.174. The number of carbonyl (C=O) groups excluding carboxylic acids is 1. The molecule has 0 saturated carbocycles. The van der Waals surface area contributed by atoms with Crippen molar-refractivity contribution < 1.29 is 18.7 Å². The third-order valence-corrected chi connectivity index (χ3v) is 4.53. The second-order valence-corrected chi connectivity index (χ2v) is 6.35. The zero-order valence-corrected chi connectivity index (χ0v) is 13.5. The van der Waals surface area contributed by atoms with Crippen LogP contribution in [-0.4, -0.2) is 57.4 Å². The second-order valence-electron chi connectivity index (χ2n) is 6.35. The van der Waals surface area contributed by atoms with Gasteiger partial charge < -0.3 is 14.4 Å². The molecule has 130 valence electrons. The summed E-state index contributed by atoms with van der Waals surface area (Å²) in [6, 6.07) is 4.48. The second kappa shape index (κ2) is 6.36. The summed E-state index contributed by atoms with van der Waals surface area (Å²) in [5.41, 5.74) is 0.0774. The summed E-state index contributed by atoms with van der Waals surface area (Å²) in [5, 5.41) is 7.40. The molecule has 4 rings (SSSR count). The molecule has 7 nitrogen and oxygen atoms in total. The molecule has 8 heteroatoms. The van der Waals surface area contributed by atoms with E-state index in [1.54, 1.807) is 11.0 Å². The highest BCUT2D eigenvalue weighted by Crippen LogP contribution is 2.36. The standard InChI is InChI=1S/C17H17FN4O3/c18-14-2-1-5-19-15(14)25-13-4-7-24-17(8-13)10-22(11-17)16(23)12-3-6-20-21-9-12/h1-3,5-6,9,13H,4,7-8,10-11H2/t13-/m1/s1. The normalized spacial score (nSPS) is 21.6. The molecule has 2 aliphatic heterocycles. The van der Waals surface area contributed by atoms with Gasteiger partial charge in [-0.1, -0.05) is 0 Å². The number of rotatable bonds is 3. The van der Waals surface area contributed by atoms with Crippen molar-refractivity contribution in [2.75, 3.05) is 19.7 Å². The van der Waals surface area contributed by atoms with Gasteiger partial charge in [-0.2, -0.15) is 10.2 Å². The maximum Gasteiger partial charge on any atom is 0.255 e. The third-order valence-electron chi connectivity index (χ3n) is 4.53. The quantitative estimate of drug-likeness (QED) is 0.839. The van der Waals surface area contributed by atoms with Gasteiger partial charge in [-0.3, -0.25) is 4.79 Å². The number of halogens is 1. The van der Waals surface area contributed by atoms with E-state index in [-0.39, 0.29) is 17.9 Å². The van der Waals surface area contributed by atoms with Gasteiger partial charge in [0.05, 0.1) is 37.7 Å². The van der Waals surface area contributed by atoms with E-state index in [0.29, 0.717) is 38.1 Å². The zero-order valence-electron chi connectivity index (χ0n) is 13.5. The van der Waals surface area contributed by atoms with E-state index in [9.17, 15) is 9.18 Å². The van der Waals surface area contributed by atoms with Crippen LogP contribution in [0.4, 0.5) is 4.39 Å². The molecule has 25 heavy (non-hydrogen) atoms. The number of carbonyl (C=O) groups is 1. The molecule has 2 aromatic rings. The van der Waals surface area contributed by atoms with Gasteiger partial charge in [0.1, 0.15) is 11.7 Å². The van der Waals surface area contributed by atoms with Crippen LogP contribution in [0.15, 0.2) is 36.8 Å². The van der Waals surface area contributed by atoms with Crippen LogP contribution in [0.1, 0.15) is 23.2 Å². The minimum atomic E-state index is -0.473. The number of ether oxygens (including phenoxy) is 2. The third kappa shape index (κ3) is 3.17. The zero-order chi connectivity index (χ0) is 17.3. The molecule has 1 atom stereocenters. The fourth-order valence-corrected chi connectivity index (χ4v) is 3.31. The van der Waals surface area contributed by atoms with Crippen LogP contribution in [0.5, 0.6) is 5.88 Å². The van der Waals surface area contributed by atoms with Crippen LogP contribution in [0.25, 0.3) is 0 Å². The highest BCUT2D eigenvalue weighted by Gasteiger charge is 2.50. The van der Waals surface area contributed by atoms with Gasteiger partial charge in [-0.25, -0.2) is 9.37 Å². The van der Waals surface area contributed by atoms with Gasteiger partial charge in [0.15, 0.2) is 5.82 Å². The van der Waals surface area contributed by atoms with Gasteiger partial charge in [-0.15, -0.1) is 0 Å². The molecule has 0 radical (unpaired) electrons. The Labute approximate surface area is 143 Å². The summed E-state index contributed by atoms with van der Waals surface area (Å²) in [5.74, 6) is -0.554. The van der Waals surface area contributed by atoms with Gasteiger partial charge in [0.2, 0.25) is 0 Å². The van der Waals surface area contributed by atoms with Crippen molar-refractivity contribution in [2.24, 2.45) is 0 Å². The lowest BCUT2D eigenvalue weighted by atomic mass is 9.84. The maximum absolute atomic E-state index is 13.7. The van der Waals surface area contributed by atoms with Gasteiger partial charge in [0.25, 0.3) is 11.8 Å². The molecule has 1 spiro atoms. The number of pyridine rings is 1. The van der Waals surface area contributed by atoms with Crippen molar-refractivity contribution >= 4 is 5.91 Å². The smallest absolute Gasteiger partial charge is 0.255 e. The van der Waals surface area contributed by atoms with Crippen molar-refractivity contribution in [3.05, 3.63) is 48.2 Å². The van der Waals surface area contributed by atoms with Crippen molar-refractivity contribution in [3.8, 4) is 5.88 Å². The molecular formula is C17H17FN4O3. The van der Waals surface area contributed by atoms with E-state index in [2.05, 4.69) is 15.2 Å². The number of aromatic nitrogens is 3. The molecule has 2 aliphatic rings. The maximum atomic E-state index is 13.7. The number of amides is 1. The minimum absolute atomic E-state index is 0.0136. The Bertz CT molecular complexity index is 767. The Morgan fingerprint density at radius 1 is 1.32 bits per heavy atom. The first-order valence-corrected chi connectivity index (χ1v) is 8.12. The summed E-state index contributed by atoms with van der Waals surface area (Å²) < 4.78 is 25.3. The number of hydrogen-bond acceptors (Lipinski definition) is 6. The van der Waals surface area contributed by atoms with E-state index >= 15 is 0 Å². The van der Waals surface area contributed by atoms with Crippen LogP contribution in [0, 0.1) is 5.82 Å². The molecule has 0 aliphatic carbocycles. The monoisotopic (exact) mass is 344 g/mol. The van der Waals surface area contributed by atoms with E-state index in [1.165, 1.54) is 30.7 Å². The molecule has 1 amide bonds. The summed E-state index contributed by atoms with van der Waals surface area (Å²) in [4.78, 5) is 18.0. The highest BCUT2D eigenvalue weighted by molar-refractivity contribution is 5.94. The molecule has 0 N–H and O–H groups in total. The predicted octanol–water partition coefficient (Wildman–Crippen LogP) is 1.46. The average Bonchev–Trinajstić information content (AvgIpc) is 2.62. The Hall–Kier alpha value is -2.61. The fraction of sp³-hybridized carbons (Fsp3) is 0.412. The Morgan fingerprint density at radius 2 is 2.20 bits per heavy atom. The van der Waals surface area contributed by atoms with Gasteiger partial charge in [-0.05, 0) is 18.2 Å². The fourth-order valence-electron chi connectivity index (χ4n) is 3.31. The van der Waals surface area contributed by atoms with Crippen LogP contribution in [-0.2, 0) is 4.74 Å². The number of nitrogens with zero attached hydrogens (tertiary/aromatic N) is 4. The number of likely N-dealkylation sites (tertiary alicyclic amines) is 1. The van der Waals surface area contributed by atoms with Crippen LogP contribution < -0.4 is 4.74 Å². The van der Waals surface area contributed by atoms with Crippen LogP contribution in [0.2, 0.25) is 0 Å². The summed E-state index contributed by atoms with van der Waals surface area (Å²) in [6.07, 6.45) is 5.52. The predicted molar refractivity (Wildman–Crippen MR) is 84.5 cm³/mol. The molecule has 2 aromatic heterocycles. The van der Waals surface area contributed by atoms with Crippen molar-refractivity contribution in [3.63, 3.8) is 0 Å². The first-order chi connectivity index (χ1) is 12.2. The van der Waals surface area contributed by atoms with E-state index in [1.807, 2.05) is 0 Å². The Balaban J connectivity index is 1.38. The minimum Gasteiger partial charge on any atom is -0.472 e. The Morgan fingerprint density at radius 3 is 2.96 bits per heavy atom. The first-order valence-electron chi connectivity index (χ1n) is 8.12. The van der Waals surface area contributed by atoms with E-state index in [0.717, 1.165) is 0 Å². The van der Waals surface area contributed by atoms with Crippen LogP contribution in [0.3, 0.4) is 0 Å². The largest absolute Gasteiger partial charge is 0.472 e. The topological polar surface area (TPSA) is 77.4 Å². The lowest BCUT2D eigenvalue weighted by Crippen LogP contribution is -2.67. The van der Waals surface area contributed by atoms with E-state index in [4.69, 9.17) is 9.47 Å². The van der Waals surface area contributed by atoms with Crippen molar-refractivity contribution in [1.29, 1.82) is 0 Å². The van der Waals surface area contributed by atoms with Gasteiger partial charge in [0, 0.05) is 19.0 Å². The Kier molecular flexibility index (Phi) is 4.04. The summed E-state index contributed by atoms with van der Waals surface area (Å²) in [6.45, 7) is 1.48. The average molecular weight is 344 g/mol. The van der Waals surface area contributed by atoms with Crippen molar-refractivity contribution in [2.45, 2.75) is 24.5 Å². The molecule has 0 unspecified atom stereocenters. The first kappa shape index (κ1) is 15.9. The van der Waals surface area contributed by atoms with Crippen LogP contribution >= 0.6 is 0 Å². The molecule has 2 saturated heterocycles. The number of hydrogen-bond donors (Lipinski definition) is 0. The summed E-state index contributed by atoms with van der Waals surface area (Å²) in [7, 11) is 0. The summed E-state index contributed by atoms with van der Waals surface area (Å²) >= 11 is 0. The van der Waals surface area contributed by atoms with Crippen molar-refractivity contribution in [1.82, 2.24) is 20.1 Å². The lowest BCUT2D eigenvalue weighted by Gasteiger charge is -2.52. The molecule has 2 fully saturated rings. The molecule has 0 aromatic carbocycles. The molecule has 4 heterocycles. The van der Waals surface area contributed by atoms with E-state index < -0.39 is 11.4 Å². The SMILES string of the molecule is O=C(c1ccnnc1)N1CC2(C[C@H](Oc3ncccc3F)CCO2)C1. The molecular weight excluding hydrogens is 327 g/mol. The highest BCUT2D eigenvalue weighted by atomic mass is 19.1.